The van der Waals surface area contributed by atoms with Crippen LogP contribution in [0.25, 0.3) is 23.1 Å². The third-order valence-corrected chi connectivity index (χ3v) is 9.78. The number of aliphatic carboxylic acids is 1. The van der Waals surface area contributed by atoms with Gasteiger partial charge < -0.3 is 15.3 Å². The number of aromatic nitrogens is 1. The summed E-state index contributed by atoms with van der Waals surface area (Å²) in [6.07, 6.45) is 5.63. The SMILES string of the molecule is CC(C)(O)c1ccccc1[C@H](O)C[C@@H](SCC1(CC(=O)O)CC1)c1cccc(/C=C/c2ccc3ccc(Cl)cc3n2)c1. The predicted octanol–water partition coefficient (Wildman–Crippen LogP) is 8.44. The Balaban J connectivity index is 1.40. The van der Waals surface area contributed by atoms with Crippen LogP contribution in [0.3, 0.4) is 0 Å². The first kappa shape index (κ1) is 30.3. The van der Waals surface area contributed by atoms with Crippen LogP contribution in [0.5, 0.6) is 0 Å². The second-order valence-corrected chi connectivity index (χ2v) is 13.5. The van der Waals surface area contributed by atoms with Gasteiger partial charge in [0.15, 0.2) is 0 Å². The number of fused-ring (bicyclic) bond motifs is 1. The molecule has 218 valence electrons. The number of carboxylic acid groups (broad SMARTS) is 1. The van der Waals surface area contributed by atoms with E-state index in [9.17, 15) is 20.1 Å². The fourth-order valence-corrected chi connectivity index (χ4v) is 7.13. The van der Waals surface area contributed by atoms with E-state index >= 15 is 0 Å². The van der Waals surface area contributed by atoms with Crippen LogP contribution in [0.2, 0.25) is 5.02 Å². The molecule has 4 aromatic rings. The summed E-state index contributed by atoms with van der Waals surface area (Å²) >= 11 is 7.87. The second-order valence-electron chi connectivity index (χ2n) is 11.8. The molecule has 2 atom stereocenters. The fourth-order valence-electron chi connectivity index (χ4n) is 5.37. The van der Waals surface area contributed by atoms with Crippen molar-refractivity contribution in [3.8, 4) is 0 Å². The highest BCUT2D eigenvalue weighted by Gasteiger charge is 2.44. The Morgan fingerprint density at radius 2 is 1.81 bits per heavy atom. The molecule has 0 spiro atoms. The van der Waals surface area contributed by atoms with Crippen molar-refractivity contribution < 1.29 is 20.1 Å². The number of pyridine rings is 1. The second kappa shape index (κ2) is 12.6. The van der Waals surface area contributed by atoms with Crippen LogP contribution in [-0.2, 0) is 10.4 Å². The summed E-state index contributed by atoms with van der Waals surface area (Å²) in [4.78, 5) is 16.2. The lowest BCUT2D eigenvalue weighted by atomic mass is 9.88. The number of nitrogens with zero attached hydrogens (tertiary/aromatic N) is 1. The molecule has 5 nitrogen and oxygen atoms in total. The average Bonchev–Trinajstić information content (AvgIpc) is 3.72. The number of rotatable bonds is 12. The maximum Gasteiger partial charge on any atom is 0.303 e. The number of thioether (sulfide) groups is 1. The number of hydrogen-bond acceptors (Lipinski definition) is 5. The van der Waals surface area contributed by atoms with E-state index in [0.29, 0.717) is 28.3 Å². The van der Waals surface area contributed by atoms with E-state index < -0.39 is 17.7 Å². The number of hydrogen-bond donors (Lipinski definition) is 3. The van der Waals surface area contributed by atoms with E-state index in [2.05, 4.69) is 12.1 Å². The highest BCUT2D eigenvalue weighted by atomic mass is 35.5. The summed E-state index contributed by atoms with van der Waals surface area (Å²) in [5, 5.41) is 33.3. The molecule has 42 heavy (non-hydrogen) atoms. The molecule has 5 rings (SSSR count). The van der Waals surface area contributed by atoms with Crippen LogP contribution in [0.1, 0.15) is 78.8 Å². The largest absolute Gasteiger partial charge is 0.481 e. The van der Waals surface area contributed by atoms with Gasteiger partial charge in [0.05, 0.1) is 29.3 Å². The number of benzene rings is 3. The van der Waals surface area contributed by atoms with Crippen LogP contribution in [0, 0.1) is 5.41 Å². The number of carbonyl (C=O) groups is 1. The summed E-state index contributed by atoms with van der Waals surface area (Å²) in [6, 6.07) is 25.4. The van der Waals surface area contributed by atoms with Gasteiger partial charge in [-0.15, -0.1) is 0 Å². The zero-order valence-electron chi connectivity index (χ0n) is 23.8. The summed E-state index contributed by atoms with van der Waals surface area (Å²) in [5.41, 5.74) is 3.87. The highest BCUT2D eigenvalue weighted by molar-refractivity contribution is 7.99. The molecule has 1 aliphatic carbocycles. The van der Waals surface area contributed by atoms with E-state index in [1.165, 1.54) is 0 Å². The zero-order chi connectivity index (χ0) is 29.9. The van der Waals surface area contributed by atoms with Crippen molar-refractivity contribution in [2.75, 3.05) is 5.75 Å². The molecule has 1 saturated carbocycles. The van der Waals surface area contributed by atoms with E-state index in [4.69, 9.17) is 16.6 Å². The van der Waals surface area contributed by atoms with Gasteiger partial charge in [-0.25, -0.2) is 4.98 Å². The minimum atomic E-state index is -1.09. The molecular weight excluding hydrogens is 566 g/mol. The first-order valence-corrected chi connectivity index (χ1v) is 15.6. The normalized spacial score (nSPS) is 16.0. The molecule has 1 aliphatic rings. The van der Waals surface area contributed by atoms with E-state index in [1.54, 1.807) is 25.6 Å². The Hall–Kier alpha value is -3.16. The Labute approximate surface area is 256 Å². The van der Waals surface area contributed by atoms with Gasteiger partial charge in [-0.05, 0) is 85.1 Å². The smallest absolute Gasteiger partial charge is 0.303 e. The summed E-state index contributed by atoms with van der Waals surface area (Å²) in [5.74, 6) is -0.0477. The molecule has 0 amide bonds. The average molecular weight is 602 g/mol. The monoisotopic (exact) mass is 601 g/mol. The number of aliphatic hydroxyl groups excluding tert-OH is 1. The van der Waals surface area contributed by atoms with Crippen molar-refractivity contribution in [1.82, 2.24) is 4.98 Å². The van der Waals surface area contributed by atoms with Gasteiger partial charge in [0.2, 0.25) is 0 Å². The van der Waals surface area contributed by atoms with Crippen LogP contribution >= 0.6 is 23.4 Å². The molecule has 0 saturated heterocycles. The van der Waals surface area contributed by atoms with Gasteiger partial charge in [-0.3, -0.25) is 4.79 Å². The molecule has 1 fully saturated rings. The van der Waals surface area contributed by atoms with Crippen molar-refractivity contribution in [1.29, 1.82) is 0 Å². The molecule has 0 bridgehead atoms. The topological polar surface area (TPSA) is 90.7 Å². The highest BCUT2D eigenvalue weighted by Crippen LogP contribution is 2.54. The lowest BCUT2D eigenvalue weighted by molar-refractivity contribution is -0.138. The van der Waals surface area contributed by atoms with Gasteiger partial charge >= 0.3 is 5.97 Å². The number of aliphatic hydroxyl groups is 2. The molecule has 0 radical (unpaired) electrons. The molecule has 0 aliphatic heterocycles. The molecule has 3 aromatic carbocycles. The molecule has 1 heterocycles. The van der Waals surface area contributed by atoms with E-state index in [-0.39, 0.29) is 17.1 Å². The van der Waals surface area contributed by atoms with Crippen molar-refractivity contribution in [3.05, 3.63) is 112 Å². The summed E-state index contributed by atoms with van der Waals surface area (Å²) in [7, 11) is 0. The van der Waals surface area contributed by atoms with Crippen LogP contribution < -0.4 is 0 Å². The summed E-state index contributed by atoms with van der Waals surface area (Å²) < 4.78 is 0. The zero-order valence-corrected chi connectivity index (χ0v) is 25.4. The van der Waals surface area contributed by atoms with Crippen molar-refractivity contribution >= 4 is 52.4 Å². The number of carboxylic acids is 1. The Bertz CT molecular complexity index is 1610. The molecule has 0 unspecified atom stereocenters. The summed E-state index contributed by atoms with van der Waals surface area (Å²) in [6.45, 7) is 3.45. The molecular formula is C35H36ClNO4S. The Morgan fingerprint density at radius 1 is 1.05 bits per heavy atom. The van der Waals surface area contributed by atoms with Gasteiger partial charge in [-0.1, -0.05) is 78.3 Å². The van der Waals surface area contributed by atoms with Gasteiger partial charge in [0.25, 0.3) is 0 Å². The van der Waals surface area contributed by atoms with E-state index in [1.807, 2.05) is 78.9 Å². The maximum absolute atomic E-state index is 11.5. The van der Waals surface area contributed by atoms with E-state index in [0.717, 1.165) is 40.6 Å². The van der Waals surface area contributed by atoms with Crippen molar-refractivity contribution in [3.63, 3.8) is 0 Å². The van der Waals surface area contributed by atoms with Crippen LogP contribution in [0.15, 0.2) is 78.9 Å². The minimum absolute atomic E-state index is 0.0737. The third kappa shape index (κ3) is 7.61. The predicted molar refractivity (Wildman–Crippen MR) is 173 cm³/mol. The first-order valence-electron chi connectivity index (χ1n) is 14.2. The van der Waals surface area contributed by atoms with Gasteiger partial charge in [0, 0.05) is 21.4 Å². The van der Waals surface area contributed by atoms with Crippen LogP contribution in [-0.4, -0.2) is 32.0 Å². The molecule has 1 aromatic heterocycles. The standard InChI is InChI=1S/C35H36ClNO4S/c1-34(2,41)29-9-4-3-8-28(29)31(38)20-32(42-22-35(16-17-35)21-33(39)40)25-7-5-6-23(18-25)10-14-27-15-12-24-11-13-26(36)19-30(24)37-27/h3-15,18-19,31-32,38,41H,16-17,20-22H2,1-2H3,(H,39,40)/b14-10+/t31-,32-/m1/s1. The van der Waals surface area contributed by atoms with Crippen LogP contribution in [0.4, 0.5) is 0 Å². The fraction of sp³-hybridized carbons (Fsp3) is 0.314. The quantitative estimate of drug-likeness (QED) is 0.151. The maximum atomic E-state index is 11.5. The Morgan fingerprint density at radius 3 is 2.55 bits per heavy atom. The third-order valence-electron chi connectivity index (χ3n) is 7.89. The lowest BCUT2D eigenvalue weighted by Gasteiger charge is -2.27. The first-order chi connectivity index (χ1) is 20.0. The Kier molecular flexibility index (Phi) is 9.09. The van der Waals surface area contributed by atoms with Gasteiger partial charge in [0.1, 0.15) is 0 Å². The molecule has 3 N–H and O–H groups in total. The molecule has 7 heteroatoms. The van der Waals surface area contributed by atoms with Crippen molar-refractivity contribution in [2.45, 2.75) is 56.5 Å². The lowest BCUT2D eigenvalue weighted by Crippen LogP contribution is -2.20. The number of halogens is 1. The van der Waals surface area contributed by atoms with Gasteiger partial charge in [-0.2, -0.15) is 11.8 Å². The minimum Gasteiger partial charge on any atom is -0.481 e. The van der Waals surface area contributed by atoms with Crippen molar-refractivity contribution in [2.24, 2.45) is 5.41 Å².